The van der Waals surface area contributed by atoms with E-state index in [0.717, 1.165) is 23.4 Å². The summed E-state index contributed by atoms with van der Waals surface area (Å²) in [5.41, 5.74) is 1.24. The summed E-state index contributed by atoms with van der Waals surface area (Å²) in [5.74, 6) is 0.647. The predicted octanol–water partition coefficient (Wildman–Crippen LogP) is 4.72. The van der Waals surface area contributed by atoms with Crippen molar-refractivity contribution in [3.05, 3.63) is 51.5 Å². The van der Waals surface area contributed by atoms with E-state index in [1.165, 1.54) is 36.4 Å². The first-order valence-corrected chi connectivity index (χ1v) is 8.21. The lowest BCUT2D eigenvalue weighted by atomic mass is 9.86. The molecule has 1 aromatic carbocycles. The van der Waals surface area contributed by atoms with Crippen molar-refractivity contribution in [2.75, 3.05) is 0 Å². The van der Waals surface area contributed by atoms with Gasteiger partial charge in [-0.15, -0.1) is 11.3 Å². The molecule has 6 heteroatoms. The van der Waals surface area contributed by atoms with Crippen LogP contribution in [0.25, 0.3) is 0 Å². The highest BCUT2D eigenvalue weighted by Crippen LogP contribution is 2.37. The second kappa shape index (κ2) is 6.38. The zero-order valence-corrected chi connectivity index (χ0v) is 12.8. The maximum atomic E-state index is 12.5. The summed E-state index contributed by atoms with van der Waals surface area (Å²) in [5, 5.41) is 6.51. The number of thiazole rings is 1. The number of alkyl halides is 3. The molecule has 2 nitrogen and oxygen atoms in total. The number of hydrogen-bond donors (Lipinski definition) is 1. The largest absolute Gasteiger partial charge is 0.416 e. The Morgan fingerprint density at radius 3 is 2.45 bits per heavy atom. The highest BCUT2D eigenvalue weighted by Gasteiger charge is 2.29. The molecule has 1 aliphatic rings. The Hall–Kier alpha value is -1.40. The molecule has 22 heavy (non-hydrogen) atoms. The maximum absolute atomic E-state index is 12.5. The fourth-order valence-electron chi connectivity index (χ4n) is 2.39. The zero-order valence-electron chi connectivity index (χ0n) is 12.0. The van der Waals surface area contributed by atoms with Gasteiger partial charge in [-0.25, -0.2) is 4.98 Å². The third kappa shape index (κ3) is 3.67. The molecule has 1 saturated carbocycles. The molecule has 1 aromatic heterocycles. The molecule has 1 aliphatic carbocycles. The lowest BCUT2D eigenvalue weighted by molar-refractivity contribution is -0.137. The van der Waals surface area contributed by atoms with E-state index < -0.39 is 11.7 Å². The molecule has 0 unspecified atom stereocenters. The molecular formula is C16H17F3N2S. The van der Waals surface area contributed by atoms with Gasteiger partial charge in [0, 0.05) is 24.4 Å². The van der Waals surface area contributed by atoms with Crippen molar-refractivity contribution in [2.24, 2.45) is 0 Å². The van der Waals surface area contributed by atoms with Crippen LogP contribution in [-0.4, -0.2) is 4.98 Å². The van der Waals surface area contributed by atoms with Crippen molar-refractivity contribution < 1.29 is 13.2 Å². The summed E-state index contributed by atoms with van der Waals surface area (Å²) in [7, 11) is 0. The minimum Gasteiger partial charge on any atom is -0.307 e. The van der Waals surface area contributed by atoms with E-state index in [-0.39, 0.29) is 0 Å². The topological polar surface area (TPSA) is 24.9 Å². The fraction of sp³-hybridized carbons (Fsp3) is 0.438. The number of rotatable bonds is 5. The minimum atomic E-state index is -4.27. The Balaban J connectivity index is 1.49. The van der Waals surface area contributed by atoms with Crippen LogP contribution in [0.3, 0.4) is 0 Å². The van der Waals surface area contributed by atoms with E-state index in [2.05, 4.69) is 15.7 Å². The quantitative estimate of drug-likeness (QED) is 0.860. The molecule has 0 atom stereocenters. The maximum Gasteiger partial charge on any atom is 0.416 e. The van der Waals surface area contributed by atoms with Gasteiger partial charge in [-0.1, -0.05) is 18.6 Å². The number of nitrogens with one attached hydrogen (secondary N) is 1. The van der Waals surface area contributed by atoms with Crippen molar-refractivity contribution in [1.29, 1.82) is 0 Å². The third-order valence-corrected chi connectivity index (χ3v) is 5.00. The van der Waals surface area contributed by atoms with Gasteiger partial charge in [0.15, 0.2) is 0 Å². The number of hydrogen-bond acceptors (Lipinski definition) is 3. The molecule has 1 fully saturated rings. The van der Waals surface area contributed by atoms with Crippen LogP contribution in [-0.2, 0) is 19.3 Å². The van der Waals surface area contributed by atoms with Crippen LogP contribution in [0.1, 0.15) is 47.0 Å². The van der Waals surface area contributed by atoms with Crippen LogP contribution in [0, 0.1) is 0 Å². The number of nitrogens with zero attached hydrogens (tertiary/aromatic N) is 1. The predicted molar refractivity (Wildman–Crippen MR) is 80.7 cm³/mol. The molecule has 2 aromatic rings. The molecule has 1 N–H and O–H groups in total. The highest BCUT2D eigenvalue weighted by atomic mass is 32.1. The minimum absolute atomic E-state index is 0.536. The van der Waals surface area contributed by atoms with Crippen LogP contribution in [0.2, 0.25) is 0 Å². The second-order valence-electron chi connectivity index (χ2n) is 5.60. The average Bonchev–Trinajstić information content (AvgIpc) is 2.85. The van der Waals surface area contributed by atoms with Crippen molar-refractivity contribution in [3.8, 4) is 0 Å². The third-order valence-electron chi connectivity index (χ3n) is 3.94. The van der Waals surface area contributed by atoms with E-state index in [9.17, 15) is 13.2 Å². The van der Waals surface area contributed by atoms with Gasteiger partial charge in [0.25, 0.3) is 0 Å². The normalized spacial score (nSPS) is 15.8. The fourth-order valence-corrected chi connectivity index (χ4v) is 3.38. The number of halogens is 3. The van der Waals surface area contributed by atoms with Gasteiger partial charge in [0.1, 0.15) is 0 Å². The molecule has 3 rings (SSSR count). The van der Waals surface area contributed by atoms with Crippen LogP contribution in [0.5, 0.6) is 0 Å². The van der Waals surface area contributed by atoms with Crippen molar-refractivity contribution in [1.82, 2.24) is 10.3 Å². The monoisotopic (exact) mass is 326 g/mol. The number of benzene rings is 1. The summed E-state index contributed by atoms with van der Waals surface area (Å²) < 4.78 is 37.4. The molecule has 0 aliphatic heterocycles. The van der Waals surface area contributed by atoms with Gasteiger partial charge in [0.2, 0.25) is 0 Å². The van der Waals surface area contributed by atoms with Gasteiger partial charge in [-0.05, 0) is 30.5 Å². The molecule has 0 bridgehead atoms. The van der Waals surface area contributed by atoms with E-state index >= 15 is 0 Å². The number of aromatic nitrogens is 1. The summed E-state index contributed by atoms with van der Waals surface area (Å²) >= 11 is 1.71. The summed E-state index contributed by atoms with van der Waals surface area (Å²) in [6, 6.07) is 5.26. The molecule has 0 spiro atoms. The van der Waals surface area contributed by atoms with Gasteiger partial charge in [-0.2, -0.15) is 13.2 Å². The van der Waals surface area contributed by atoms with Gasteiger partial charge in [0.05, 0.1) is 16.3 Å². The second-order valence-corrected chi connectivity index (χ2v) is 6.49. The zero-order chi connectivity index (χ0) is 15.6. The first kappa shape index (κ1) is 15.5. The van der Waals surface area contributed by atoms with Crippen LogP contribution < -0.4 is 5.32 Å². The standard InChI is InChI=1S/C16H17F3N2S/c17-16(18,19)13-6-4-11(5-7-13)8-20-9-14-10-22-15(21-14)12-2-1-3-12/h4-7,10,12,20H,1-3,8-9H2. The Labute approximate surface area is 131 Å². The summed E-state index contributed by atoms with van der Waals surface area (Å²) in [6.07, 6.45) is -0.492. The SMILES string of the molecule is FC(F)(F)c1ccc(CNCc2csc(C3CCC3)n2)cc1. The lowest BCUT2D eigenvalue weighted by Gasteiger charge is -2.22. The van der Waals surface area contributed by atoms with Crippen LogP contribution in [0.15, 0.2) is 29.6 Å². The van der Waals surface area contributed by atoms with E-state index in [1.54, 1.807) is 11.3 Å². The van der Waals surface area contributed by atoms with Crippen molar-refractivity contribution in [3.63, 3.8) is 0 Å². The van der Waals surface area contributed by atoms with E-state index in [4.69, 9.17) is 0 Å². The smallest absolute Gasteiger partial charge is 0.307 e. The van der Waals surface area contributed by atoms with Crippen molar-refractivity contribution >= 4 is 11.3 Å². The lowest BCUT2D eigenvalue weighted by Crippen LogP contribution is -2.14. The molecular weight excluding hydrogens is 309 g/mol. The Morgan fingerprint density at radius 2 is 1.86 bits per heavy atom. The molecule has 0 radical (unpaired) electrons. The Bertz CT molecular complexity index is 615. The highest BCUT2D eigenvalue weighted by molar-refractivity contribution is 7.09. The first-order valence-electron chi connectivity index (χ1n) is 7.33. The Kier molecular flexibility index (Phi) is 4.49. The van der Waals surface area contributed by atoms with Crippen LogP contribution >= 0.6 is 11.3 Å². The van der Waals surface area contributed by atoms with Gasteiger partial charge >= 0.3 is 6.18 Å². The summed E-state index contributed by atoms with van der Waals surface area (Å²) in [6.45, 7) is 1.18. The van der Waals surface area contributed by atoms with E-state index in [1.807, 2.05) is 0 Å². The molecule has 1 heterocycles. The molecule has 118 valence electrons. The van der Waals surface area contributed by atoms with Gasteiger partial charge < -0.3 is 5.32 Å². The average molecular weight is 326 g/mol. The van der Waals surface area contributed by atoms with E-state index in [0.29, 0.717) is 19.0 Å². The Morgan fingerprint density at radius 1 is 1.14 bits per heavy atom. The first-order chi connectivity index (χ1) is 10.5. The van der Waals surface area contributed by atoms with Crippen molar-refractivity contribution in [2.45, 2.75) is 44.4 Å². The molecule has 0 saturated heterocycles. The summed E-state index contributed by atoms with van der Waals surface area (Å²) in [4.78, 5) is 4.62. The molecule has 0 amide bonds. The van der Waals surface area contributed by atoms with Gasteiger partial charge in [-0.3, -0.25) is 0 Å². The van der Waals surface area contributed by atoms with Crippen LogP contribution in [0.4, 0.5) is 13.2 Å².